The minimum Gasteiger partial charge on any atom is -0.466 e. The second-order valence-electron chi connectivity index (χ2n) is 5.81. The van der Waals surface area contributed by atoms with Crippen molar-refractivity contribution in [3.8, 4) is 0 Å². The number of nitrogens with zero attached hydrogens (tertiary/aromatic N) is 1. The van der Waals surface area contributed by atoms with Gasteiger partial charge in [-0.2, -0.15) is 0 Å². The average molecular weight is 307 g/mol. The summed E-state index contributed by atoms with van der Waals surface area (Å²) in [6.45, 7) is 5.74. The molecule has 0 saturated carbocycles. The van der Waals surface area contributed by atoms with Crippen molar-refractivity contribution in [1.82, 2.24) is 15.5 Å². The van der Waals surface area contributed by atoms with E-state index in [9.17, 15) is 9.59 Å². The lowest BCUT2D eigenvalue weighted by Gasteiger charge is -2.32. The molecular weight excluding hydrogens is 282 g/mol. The van der Waals surface area contributed by atoms with Gasteiger partial charge in [-0.3, -0.25) is 9.59 Å². The Labute approximate surface area is 131 Å². The topological polar surface area (TPSA) is 74.6 Å². The number of rotatable bonds is 5. The van der Waals surface area contributed by atoms with E-state index in [0.29, 0.717) is 37.4 Å². The number of amides is 2. The highest BCUT2D eigenvalue weighted by molar-refractivity contribution is 5.95. The first-order valence-electron chi connectivity index (χ1n) is 7.81. The van der Waals surface area contributed by atoms with Gasteiger partial charge in [0.2, 0.25) is 5.91 Å². The van der Waals surface area contributed by atoms with Crippen molar-refractivity contribution in [3.63, 3.8) is 0 Å². The largest absolute Gasteiger partial charge is 0.466 e. The summed E-state index contributed by atoms with van der Waals surface area (Å²) in [7, 11) is 1.84. The maximum atomic E-state index is 12.2. The first-order chi connectivity index (χ1) is 10.5. The van der Waals surface area contributed by atoms with Crippen molar-refractivity contribution < 1.29 is 14.0 Å². The molecule has 0 spiro atoms. The van der Waals surface area contributed by atoms with Crippen LogP contribution in [0.4, 0.5) is 0 Å². The van der Waals surface area contributed by atoms with Gasteiger partial charge in [-0.1, -0.05) is 0 Å². The molecule has 1 aromatic rings. The summed E-state index contributed by atoms with van der Waals surface area (Å²) in [5.41, 5.74) is 0.602. The summed E-state index contributed by atoms with van der Waals surface area (Å²) in [4.78, 5) is 26.1. The molecule has 6 heteroatoms. The second kappa shape index (κ2) is 7.45. The zero-order valence-electron chi connectivity index (χ0n) is 13.6. The molecule has 1 aromatic heterocycles. The standard InChI is InChI=1S/C16H25N3O3/c1-11-10-14(12(2)22-11)16(21)18-13-5-8-19(9-6-13)15(20)4-7-17-3/h10,13,17H,4-9H2,1-3H3,(H,18,21). The van der Waals surface area contributed by atoms with Gasteiger partial charge in [-0.05, 0) is 39.8 Å². The fraction of sp³-hybridized carbons (Fsp3) is 0.625. The van der Waals surface area contributed by atoms with Gasteiger partial charge < -0.3 is 20.0 Å². The summed E-state index contributed by atoms with van der Waals surface area (Å²) in [6, 6.07) is 1.89. The molecule has 2 N–H and O–H groups in total. The molecular formula is C16H25N3O3. The van der Waals surface area contributed by atoms with Gasteiger partial charge in [0.1, 0.15) is 11.5 Å². The van der Waals surface area contributed by atoms with E-state index < -0.39 is 0 Å². The van der Waals surface area contributed by atoms with Gasteiger partial charge >= 0.3 is 0 Å². The van der Waals surface area contributed by atoms with Crippen molar-refractivity contribution in [2.24, 2.45) is 0 Å². The maximum absolute atomic E-state index is 12.2. The summed E-state index contributed by atoms with van der Waals surface area (Å²) >= 11 is 0. The van der Waals surface area contributed by atoms with Gasteiger partial charge in [0.05, 0.1) is 5.56 Å². The van der Waals surface area contributed by atoms with Crippen molar-refractivity contribution in [2.45, 2.75) is 39.2 Å². The normalized spacial score (nSPS) is 15.9. The van der Waals surface area contributed by atoms with E-state index in [2.05, 4.69) is 10.6 Å². The fourth-order valence-corrected chi connectivity index (χ4v) is 2.78. The zero-order chi connectivity index (χ0) is 16.1. The van der Waals surface area contributed by atoms with E-state index in [1.54, 1.807) is 13.0 Å². The first kappa shape index (κ1) is 16.5. The Morgan fingerprint density at radius 2 is 2.00 bits per heavy atom. The smallest absolute Gasteiger partial charge is 0.255 e. The van der Waals surface area contributed by atoms with Crippen LogP contribution < -0.4 is 10.6 Å². The van der Waals surface area contributed by atoms with E-state index in [-0.39, 0.29) is 17.9 Å². The second-order valence-corrected chi connectivity index (χ2v) is 5.81. The number of hydrogen-bond donors (Lipinski definition) is 2. The number of hydrogen-bond acceptors (Lipinski definition) is 4. The number of nitrogens with one attached hydrogen (secondary N) is 2. The lowest BCUT2D eigenvalue weighted by molar-refractivity contribution is -0.132. The number of furan rings is 1. The highest BCUT2D eigenvalue weighted by Crippen LogP contribution is 2.16. The van der Waals surface area contributed by atoms with Crippen molar-refractivity contribution >= 4 is 11.8 Å². The van der Waals surface area contributed by atoms with Gasteiger partial charge in [0.15, 0.2) is 0 Å². The minimum absolute atomic E-state index is 0.0886. The molecule has 1 aliphatic heterocycles. The molecule has 0 atom stereocenters. The first-order valence-corrected chi connectivity index (χ1v) is 7.81. The molecule has 2 heterocycles. The van der Waals surface area contributed by atoms with Gasteiger partial charge in [0, 0.05) is 32.1 Å². The van der Waals surface area contributed by atoms with Crippen molar-refractivity contribution in [3.05, 3.63) is 23.2 Å². The highest BCUT2D eigenvalue weighted by Gasteiger charge is 2.24. The highest BCUT2D eigenvalue weighted by atomic mass is 16.3. The van der Waals surface area contributed by atoms with Crippen LogP contribution in [0.15, 0.2) is 10.5 Å². The number of carbonyl (C=O) groups is 2. The molecule has 0 radical (unpaired) electrons. The molecule has 122 valence electrons. The lowest BCUT2D eigenvalue weighted by Crippen LogP contribution is -2.46. The van der Waals surface area contributed by atoms with Crippen LogP contribution >= 0.6 is 0 Å². The van der Waals surface area contributed by atoms with Crippen LogP contribution in [-0.4, -0.2) is 49.4 Å². The van der Waals surface area contributed by atoms with Gasteiger partial charge in [0.25, 0.3) is 5.91 Å². The van der Waals surface area contributed by atoms with Gasteiger partial charge in [-0.25, -0.2) is 0 Å². The van der Waals surface area contributed by atoms with Crippen LogP contribution in [0.1, 0.15) is 41.1 Å². The van der Waals surface area contributed by atoms with Crippen LogP contribution in [-0.2, 0) is 4.79 Å². The van der Waals surface area contributed by atoms with E-state index >= 15 is 0 Å². The lowest BCUT2D eigenvalue weighted by atomic mass is 10.0. The van der Waals surface area contributed by atoms with E-state index in [1.807, 2.05) is 18.9 Å². The summed E-state index contributed by atoms with van der Waals surface area (Å²) in [5, 5.41) is 6.03. The zero-order valence-corrected chi connectivity index (χ0v) is 13.6. The van der Waals surface area contributed by atoms with Crippen LogP contribution in [0, 0.1) is 13.8 Å². The predicted octanol–water partition coefficient (Wildman–Crippen LogP) is 1.23. The van der Waals surface area contributed by atoms with Crippen LogP contribution in [0.5, 0.6) is 0 Å². The summed E-state index contributed by atoms with van der Waals surface area (Å²) in [6.07, 6.45) is 2.13. The Balaban J connectivity index is 1.81. The number of carbonyl (C=O) groups excluding carboxylic acids is 2. The Hall–Kier alpha value is -1.82. The summed E-state index contributed by atoms with van der Waals surface area (Å²) in [5.74, 6) is 1.48. The molecule has 1 aliphatic rings. The minimum atomic E-state index is -0.0886. The average Bonchev–Trinajstić information content (AvgIpc) is 2.84. The van der Waals surface area contributed by atoms with E-state index in [1.165, 1.54) is 0 Å². The monoisotopic (exact) mass is 307 g/mol. The third kappa shape index (κ3) is 4.10. The predicted molar refractivity (Wildman–Crippen MR) is 83.8 cm³/mol. The molecule has 0 bridgehead atoms. The molecule has 2 rings (SSSR count). The van der Waals surface area contributed by atoms with Crippen LogP contribution in [0.3, 0.4) is 0 Å². The molecule has 1 saturated heterocycles. The van der Waals surface area contributed by atoms with Crippen LogP contribution in [0.2, 0.25) is 0 Å². The number of likely N-dealkylation sites (tertiary alicyclic amines) is 1. The molecule has 22 heavy (non-hydrogen) atoms. The van der Waals surface area contributed by atoms with E-state index in [0.717, 1.165) is 18.6 Å². The third-order valence-electron chi connectivity index (χ3n) is 4.06. The maximum Gasteiger partial charge on any atom is 0.255 e. The fourth-order valence-electron chi connectivity index (χ4n) is 2.78. The Morgan fingerprint density at radius 3 is 2.55 bits per heavy atom. The Morgan fingerprint density at radius 1 is 1.32 bits per heavy atom. The SMILES string of the molecule is CNCCC(=O)N1CCC(NC(=O)c2cc(C)oc2C)CC1. The van der Waals surface area contributed by atoms with Crippen molar-refractivity contribution in [2.75, 3.05) is 26.7 Å². The summed E-state index contributed by atoms with van der Waals surface area (Å²) < 4.78 is 5.39. The Bertz CT molecular complexity index is 531. The van der Waals surface area contributed by atoms with Gasteiger partial charge in [-0.15, -0.1) is 0 Å². The molecule has 6 nitrogen and oxygen atoms in total. The number of piperidine rings is 1. The molecule has 1 fully saturated rings. The van der Waals surface area contributed by atoms with Crippen LogP contribution in [0.25, 0.3) is 0 Å². The quantitative estimate of drug-likeness (QED) is 0.858. The molecule has 0 aromatic carbocycles. The third-order valence-corrected chi connectivity index (χ3v) is 4.06. The number of aryl methyl sites for hydroxylation is 2. The molecule has 0 aliphatic carbocycles. The molecule has 2 amide bonds. The van der Waals surface area contributed by atoms with E-state index in [4.69, 9.17) is 4.42 Å². The molecule has 0 unspecified atom stereocenters. The Kier molecular flexibility index (Phi) is 5.60. The van der Waals surface area contributed by atoms with Crippen molar-refractivity contribution in [1.29, 1.82) is 0 Å².